The van der Waals surface area contributed by atoms with Crippen LogP contribution >= 0.6 is 0 Å². The minimum Gasteiger partial charge on any atom is -0.504 e. The maximum atomic E-state index is 11.9. The van der Waals surface area contributed by atoms with Crippen molar-refractivity contribution in [3.8, 4) is 17.2 Å². The van der Waals surface area contributed by atoms with Crippen LogP contribution in [0.1, 0.15) is 142 Å². The summed E-state index contributed by atoms with van der Waals surface area (Å²) in [5.74, 6) is 2.43. The lowest BCUT2D eigenvalue weighted by molar-refractivity contribution is 0.300. The van der Waals surface area contributed by atoms with E-state index in [1.807, 2.05) is 12.1 Å². The summed E-state index contributed by atoms with van der Waals surface area (Å²) in [7, 11) is -3.31. The molecule has 0 spiro atoms. The molecule has 3 aliphatic rings. The molecule has 4 unspecified atom stereocenters. The topological polar surface area (TPSA) is 166 Å². The van der Waals surface area contributed by atoms with E-state index in [2.05, 4.69) is 131 Å². The lowest BCUT2D eigenvalue weighted by atomic mass is 9.75. The quantitative estimate of drug-likeness (QED) is 0.0497. The van der Waals surface area contributed by atoms with Gasteiger partial charge in [-0.25, -0.2) is 26.3 Å². The fraction of sp³-hybridized carbons (Fsp3) is 0.467. The zero-order valence-corrected chi connectivity index (χ0v) is 46.1. The van der Waals surface area contributed by atoms with E-state index < -0.39 is 20.0 Å². The molecule has 0 aromatic heterocycles. The van der Waals surface area contributed by atoms with Gasteiger partial charge in [-0.15, -0.1) is 0 Å². The Morgan fingerprint density at radius 1 is 0.658 bits per heavy atom. The number of allylic oxidation sites excluding steroid dienone is 1. The number of methoxy groups -OCH3 is 1. The number of benzene rings is 5. The lowest BCUT2D eigenvalue weighted by Gasteiger charge is -2.36. The van der Waals surface area contributed by atoms with E-state index in [9.17, 15) is 27.0 Å². The van der Waals surface area contributed by atoms with Gasteiger partial charge >= 0.3 is 0 Å². The summed E-state index contributed by atoms with van der Waals surface area (Å²) in [6, 6.07) is 40.2. The molecule has 398 valence electrons. The number of hydrogen-bond acceptors (Lipinski definition) is 9. The van der Waals surface area contributed by atoms with Crippen molar-refractivity contribution in [3.63, 3.8) is 0 Å². The van der Waals surface area contributed by atoms with Crippen LogP contribution in [0.4, 0.5) is 0 Å². The Morgan fingerprint density at radius 2 is 1.16 bits per heavy atom. The van der Waals surface area contributed by atoms with Crippen molar-refractivity contribution in [2.45, 2.75) is 154 Å². The normalized spacial score (nSPS) is 18.6. The molecule has 3 aliphatic carbocycles. The van der Waals surface area contributed by atoms with Crippen molar-refractivity contribution in [1.82, 2.24) is 20.1 Å². The number of phenols is 2. The number of sulfonamides is 2. The predicted molar refractivity (Wildman–Crippen MR) is 300 cm³/mol. The van der Waals surface area contributed by atoms with E-state index in [0.717, 1.165) is 68.8 Å². The van der Waals surface area contributed by atoms with Crippen LogP contribution in [0.2, 0.25) is 0 Å². The summed E-state index contributed by atoms with van der Waals surface area (Å²) in [5.41, 5.74) is 9.92. The number of aryl methyl sites for hydroxylation is 2. The molecule has 0 amide bonds. The molecule has 8 rings (SSSR count). The Kier molecular flexibility index (Phi) is 23.5. The first-order valence-electron chi connectivity index (χ1n) is 26.4. The maximum Gasteiger partial charge on any atom is 0.236 e. The summed E-state index contributed by atoms with van der Waals surface area (Å²) in [6.07, 6.45) is 14.2. The van der Waals surface area contributed by atoms with Gasteiger partial charge in [-0.1, -0.05) is 137 Å². The molecule has 73 heavy (non-hydrogen) atoms. The van der Waals surface area contributed by atoms with E-state index in [1.54, 1.807) is 33.1 Å². The number of rotatable bonds is 17. The van der Waals surface area contributed by atoms with Gasteiger partial charge in [0.25, 0.3) is 0 Å². The van der Waals surface area contributed by atoms with Gasteiger partial charge in [0.2, 0.25) is 20.0 Å². The van der Waals surface area contributed by atoms with E-state index in [1.165, 1.54) is 91.4 Å². The Hall–Kier alpha value is -5.02. The van der Waals surface area contributed by atoms with E-state index >= 15 is 0 Å². The molecule has 1 fully saturated rings. The molecule has 5 aromatic rings. The molecule has 0 aliphatic heterocycles. The van der Waals surface area contributed by atoms with Crippen LogP contribution in [-0.2, 0) is 58.8 Å². The number of hydrogen-bond donors (Lipinski definition) is 6. The Bertz CT molecular complexity index is 2680. The lowest BCUT2D eigenvalue weighted by Crippen LogP contribution is -2.41. The number of ether oxygens (including phenoxy) is 1. The number of aromatic hydroxyl groups is 2. The monoisotopic (exact) mass is 1040 g/mol. The van der Waals surface area contributed by atoms with Gasteiger partial charge in [0.1, 0.15) is 5.75 Å². The molecule has 5 aromatic carbocycles. The average molecular weight is 1040 g/mol. The van der Waals surface area contributed by atoms with Gasteiger partial charge < -0.3 is 25.6 Å². The van der Waals surface area contributed by atoms with Crippen LogP contribution in [-0.4, -0.2) is 65.1 Å². The second-order valence-electron chi connectivity index (χ2n) is 20.1. The van der Waals surface area contributed by atoms with Crippen molar-refractivity contribution in [3.05, 3.63) is 171 Å². The number of fused-ring (bicyclic) bond motifs is 2. The fourth-order valence-corrected chi connectivity index (χ4v) is 11.0. The zero-order valence-electron chi connectivity index (χ0n) is 44.5. The Balaban J connectivity index is 0.000000230. The second-order valence-corrected chi connectivity index (χ2v) is 24.6. The van der Waals surface area contributed by atoms with Gasteiger partial charge in [-0.05, 0) is 160 Å². The molecule has 0 heterocycles. The molecule has 4 atom stereocenters. The maximum absolute atomic E-state index is 11.9. The molecular weight excluding hydrogens is 953 g/mol. The third kappa shape index (κ3) is 18.1. The minimum atomic E-state index is -3.46. The molecule has 1 saturated carbocycles. The summed E-state index contributed by atoms with van der Waals surface area (Å²) in [4.78, 5) is 0.121. The van der Waals surface area contributed by atoms with Crippen LogP contribution in [0.25, 0.3) is 0 Å². The van der Waals surface area contributed by atoms with Crippen molar-refractivity contribution >= 4 is 20.0 Å². The zero-order chi connectivity index (χ0) is 53.0. The molecular formula is C60H84N4O7S2. The van der Waals surface area contributed by atoms with Crippen LogP contribution in [0.3, 0.4) is 0 Å². The molecule has 0 saturated heterocycles. The van der Waals surface area contributed by atoms with Crippen molar-refractivity contribution in [2.75, 3.05) is 20.7 Å². The SMILES string of the molecule is C=C(C)S(=O)(=O)NCc1ccc(CNC2CCc3cc(OC)ccc3C2Cc2ccccc2)cc1.CCC.CNS(=O)(=O)C(C)C.Oc1cc2c(cc1O)C(Cc1ccccc1)C(NCC1CCCCC1)CC2. The third-order valence-corrected chi connectivity index (χ3v) is 17.5. The van der Waals surface area contributed by atoms with Crippen LogP contribution in [0, 0.1) is 5.92 Å². The van der Waals surface area contributed by atoms with Gasteiger partial charge in [-0.3, -0.25) is 0 Å². The molecule has 11 nitrogen and oxygen atoms in total. The largest absolute Gasteiger partial charge is 0.504 e. The Labute approximate surface area is 438 Å². The standard InChI is InChI=1S/C29H34N2O3S.C24H31NO2.C4H11NO2S.C3H8/c1-21(2)35(32,33)31-20-24-11-9-23(10-12-24)19-30-29-16-13-25-18-26(34-3)14-15-27(25)28(29)17-22-7-5-4-6-8-22;26-23-14-19-11-12-22(25-16-18-9-5-2-6-10-18)21(20(19)15-24(23)27)13-17-7-3-1-4-8-17;1-4(2)8(6,7)5-3;1-3-2/h4-12,14-15,18,28-31H,1,13,16-17,19-20H2,2-3H3;1,3-4,7-8,14-15,18,21-22,25-27H,2,5-6,9-13,16H2;4-5H,1-3H3;3H2,1-2H3. The van der Waals surface area contributed by atoms with Gasteiger partial charge in [0, 0.05) is 41.9 Å². The number of nitrogens with one attached hydrogen (secondary N) is 4. The second kappa shape index (κ2) is 29.2. The van der Waals surface area contributed by atoms with Crippen LogP contribution in [0.5, 0.6) is 17.2 Å². The smallest absolute Gasteiger partial charge is 0.236 e. The Morgan fingerprint density at radius 3 is 1.67 bits per heavy atom. The summed E-state index contributed by atoms with van der Waals surface area (Å²) < 4.78 is 55.2. The van der Waals surface area contributed by atoms with Crippen molar-refractivity contribution in [2.24, 2.45) is 5.92 Å². The highest BCUT2D eigenvalue weighted by Gasteiger charge is 2.32. The highest BCUT2D eigenvalue weighted by molar-refractivity contribution is 7.93. The van der Waals surface area contributed by atoms with E-state index in [0.29, 0.717) is 23.9 Å². The van der Waals surface area contributed by atoms with Crippen molar-refractivity contribution in [1.29, 1.82) is 0 Å². The van der Waals surface area contributed by atoms with Gasteiger partial charge in [0.05, 0.1) is 12.4 Å². The van der Waals surface area contributed by atoms with Gasteiger partial charge in [0.15, 0.2) is 11.5 Å². The highest BCUT2D eigenvalue weighted by atomic mass is 32.2. The van der Waals surface area contributed by atoms with Crippen LogP contribution in [0.15, 0.2) is 127 Å². The summed E-state index contributed by atoms with van der Waals surface area (Å²) in [5, 5.41) is 27.4. The highest BCUT2D eigenvalue weighted by Crippen LogP contribution is 2.41. The first-order chi connectivity index (χ1) is 35.0. The number of phenolic OH excluding ortho intramolecular Hbond substituents is 2. The minimum absolute atomic E-state index is 0.000239. The van der Waals surface area contributed by atoms with E-state index in [4.69, 9.17) is 4.74 Å². The predicted octanol–water partition coefficient (Wildman–Crippen LogP) is 11.3. The molecule has 13 heteroatoms. The van der Waals surface area contributed by atoms with E-state index in [-0.39, 0.29) is 28.2 Å². The first kappa shape index (κ1) is 58.9. The molecule has 0 radical (unpaired) electrons. The van der Waals surface area contributed by atoms with Gasteiger partial charge in [-0.2, -0.15) is 0 Å². The molecule has 0 bridgehead atoms. The summed E-state index contributed by atoms with van der Waals surface area (Å²) >= 11 is 0. The fourth-order valence-electron chi connectivity index (χ4n) is 9.94. The third-order valence-electron chi connectivity index (χ3n) is 14.2. The average Bonchev–Trinajstić information content (AvgIpc) is 3.39. The summed E-state index contributed by atoms with van der Waals surface area (Å²) in [6.45, 7) is 14.6. The van der Waals surface area contributed by atoms with Crippen molar-refractivity contribution < 1.29 is 31.8 Å². The molecule has 6 N–H and O–H groups in total. The first-order valence-corrected chi connectivity index (χ1v) is 29.4. The van der Waals surface area contributed by atoms with Crippen LogP contribution < -0.4 is 24.8 Å².